The van der Waals surface area contributed by atoms with Crippen LogP contribution < -0.4 is 4.90 Å². The molecule has 0 aromatic heterocycles. The van der Waals surface area contributed by atoms with Gasteiger partial charge in [0.1, 0.15) is 0 Å². The molecule has 0 aliphatic carbocycles. The summed E-state index contributed by atoms with van der Waals surface area (Å²) in [6.45, 7) is 9.79. The van der Waals surface area contributed by atoms with E-state index in [1.165, 1.54) is 6.07 Å². The van der Waals surface area contributed by atoms with Gasteiger partial charge < -0.3 is 14.4 Å². The number of alkyl halides is 3. The molecule has 0 radical (unpaired) electrons. The topological polar surface area (TPSA) is 32.7 Å². The van der Waals surface area contributed by atoms with Crippen molar-refractivity contribution in [2.75, 3.05) is 18.0 Å². The van der Waals surface area contributed by atoms with Crippen LogP contribution in [0.4, 0.5) is 18.9 Å². The Balaban J connectivity index is 2.07. The maximum Gasteiger partial charge on any atom is 0.416 e. The monoisotopic (exact) mass is 375 g/mol. The first kappa shape index (κ1) is 20.3. The summed E-state index contributed by atoms with van der Waals surface area (Å²) >= 11 is 0. The van der Waals surface area contributed by atoms with Crippen LogP contribution in [0.15, 0.2) is 18.2 Å². The summed E-state index contributed by atoms with van der Waals surface area (Å²) in [4.78, 5) is 1.93. The minimum Gasteiger partial charge on any atom is -0.417 e. The summed E-state index contributed by atoms with van der Waals surface area (Å²) in [7, 11) is -1.31. The maximum absolute atomic E-state index is 13.0. The van der Waals surface area contributed by atoms with Crippen molar-refractivity contribution in [2.45, 2.75) is 64.1 Å². The van der Waals surface area contributed by atoms with Crippen molar-refractivity contribution in [3.8, 4) is 0 Å². The van der Waals surface area contributed by atoms with Crippen LogP contribution in [0.1, 0.15) is 44.7 Å². The zero-order valence-corrected chi connectivity index (χ0v) is 16.5. The highest BCUT2D eigenvalue weighted by atomic mass is 28.3. The molecule has 1 N–H and O–H groups in total. The van der Waals surface area contributed by atoms with Crippen LogP contribution in [0.2, 0.25) is 11.6 Å². The van der Waals surface area contributed by atoms with Crippen molar-refractivity contribution in [2.24, 2.45) is 0 Å². The number of nitrogens with zero attached hydrogens (tertiary/aromatic N) is 1. The van der Waals surface area contributed by atoms with E-state index >= 15 is 0 Å². The van der Waals surface area contributed by atoms with Gasteiger partial charge in [-0.25, -0.2) is 0 Å². The van der Waals surface area contributed by atoms with Gasteiger partial charge in [0.25, 0.3) is 0 Å². The maximum atomic E-state index is 13.0. The average molecular weight is 376 g/mol. The van der Waals surface area contributed by atoms with Crippen molar-refractivity contribution >= 4 is 14.7 Å². The molecule has 1 aromatic carbocycles. The zero-order valence-electron chi connectivity index (χ0n) is 15.4. The van der Waals surface area contributed by atoms with E-state index < -0.39 is 20.8 Å². The van der Waals surface area contributed by atoms with Gasteiger partial charge >= 0.3 is 6.18 Å². The highest BCUT2D eigenvalue weighted by molar-refractivity contribution is 6.53. The van der Waals surface area contributed by atoms with E-state index in [0.717, 1.165) is 25.0 Å². The number of hydrogen-bond donors (Lipinski definition) is 1. The molecule has 1 aromatic rings. The van der Waals surface area contributed by atoms with Gasteiger partial charge in [0, 0.05) is 30.4 Å². The summed E-state index contributed by atoms with van der Waals surface area (Å²) < 4.78 is 45.2. The van der Waals surface area contributed by atoms with E-state index in [1.54, 1.807) is 0 Å². The molecule has 25 heavy (non-hydrogen) atoms. The lowest BCUT2D eigenvalue weighted by atomic mass is 10.0. The number of piperidine rings is 1. The normalized spacial score (nSPS) is 18.5. The molecule has 1 unspecified atom stereocenters. The van der Waals surface area contributed by atoms with Crippen LogP contribution >= 0.6 is 0 Å². The van der Waals surface area contributed by atoms with Gasteiger partial charge in [0.15, 0.2) is 9.04 Å². The summed E-state index contributed by atoms with van der Waals surface area (Å²) in [5.41, 5.74) is 0.341. The first-order valence-corrected chi connectivity index (χ1v) is 10.9. The first-order chi connectivity index (χ1) is 11.5. The van der Waals surface area contributed by atoms with Crippen LogP contribution in [-0.4, -0.2) is 33.3 Å². The summed E-state index contributed by atoms with van der Waals surface area (Å²) in [6, 6.07) is 3.55. The second-order valence-electron chi connectivity index (χ2n) is 7.83. The molecule has 1 fully saturated rings. The smallest absolute Gasteiger partial charge is 0.416 e. The molecule has 1 atom stereocenters. The van der Waals surface area contributed by atoms with Gasteiger partial charge in [-0.3, -0.25) is 0 Å². The van der Waals surface area contributed by atoms with Crippen molar-refractivity contribution < 1.29 is 22.7 Å². The lowest BCUT2D eigenvalue weighted by Crippen LogP contribution is -2.41. The van der Waals surface area contributed by atoms with E-state index in [9.17, 15) is 18.3 Å². The Hall–Kier alpha value is -1.05. The molecule has 1 aliphatic heterocycles. The Morgan fingerprint density at radius 3 is 2.28 bits per heavy atom. The van der Waals surface area contributed by atoms with Crippen molar-refractivity contribution in [3.05, 3.63) is 29.3 Å². The molecule has 0 spiro atoms. The van der Waals surface area contributed by atoms with Crippen molar-refractivity contribution in [3.63, 3.8) is 0 Å². The summed E-state index contributed by atoms with van der Waals surface area (Å²) in [5.74, 6) is 0. The average Bonchev–Trinajstić information content (AvgIpc) is 2.53. The van der Waals surface area contributed by atoms with E-state index in [1.807, 2.05) is 4.90 Å². The molecule has 0 saturated carbocycles. The van der Waals surface area contributed by atoms with Crippen molar-refractivity contribution in [1.29, 1.82) is 0 Å². The Labute approximate surface area is 149 Å². The van der Waals surface area contributed by atoms with Crippen LogP contribution in [0.3, 0.4) is 0 Å². The van der Waals surface area contributed by atoms with Crippen LogP contribution in [-0.2, 0) is 17.2 Å². The van der Waals surface area contributed by atoms with Gasteiger partial charge in [0.05, 0.1) is 12.2 Å². The second kappa shape index (κ2) is 7.68. The fourth-order valence-corrected chi connectivity index (χ4v) is 4.15. The van der Waals surface area contributed by atoms with Gasteiger partial charge in [0.2, 0.25) is 0 Å². The molecule has 0 amide bonds. The standard InChI is InChI=1S/C18H28F3NO2Si/c1-17(2,3)25(4)24-15-7-9-22(10-8-15)16-11-14(18(19,20)21)6-5-13(16)12-23/h5-6,11,15,23,25H,7-10,12H2,1-4H3. The number of rotatable bonds is 4. The Morgan fingerprint density at radius 1 is 1.20 bits per heavy atom. The second-order valence-corrected chi connectivity index (χ2v) is 11.1. The van der Waals surface area contributed by atoms with Gasteiger partial charge in [-0.15, -0.1) is 0 Å². The molecule has 0 bridgehead atoms. The summed E-state index contributed by atoms with van der Waals surface area (Å²) in [6.07, 6.45) is -2.60. The van der Waals surface area contributed by atoms with E-state index in [-0.39, 0.29) is 17.7 Å². The fourth-order valence-electron chi connectivity index (χ4n) is 2.89. The third-order valence-electron chi connectivity index (χ3n) is 4.98. The summed E-state index contributed by atoms with van der Waals surface area (Å²) in [5, 5.41) is 9.67. The fraction of sp³-hybridized carbons (Fsp3) is 0.667. The van der Waals surface area contributed by atoms with Crippen molar-refractivity contribution in [1.82, 2.24) is 0 Å². The van der Waals surface area contributed by atoms with Crippen LogP contribution in [0.5, 0.6) is 0 Å². The number of aliphatic hydroxyl groups excluding tert-OH is 1. The van der Waals surface area contributed by atoms with E-state index in [4.69, 9.17) is 4.43 Å². The minimum absolute atomic E-state index is 0.181. The number of benzene rings is 1. The molecule has 1 saturated heterocycles. The third-order valence-corrected chi connectivity index (χ3v) is 8.21. The molecule has 1 aliphatic rings. The quantitative estimate of drug-likeness (QED) is 0.795. The van der Waals surface area contributed by atoms with Gasteiger partial charge in [-0.05, 0) is 36.6 Å². The third kappa shape index (κ3) is 5.21. The Morgan fingerprint density at radius 2 is 1.80 bits per heavy atom. The molecule has 7 heteroatoms. The van der Waals surface area contributed by atoms with Gasteiger partial charge in [-0.1, -0.05) is 26.8 Å². The molecular weight excluding hydrogens is 347 g/mol. The van der Waals surface area contributed by atoms with Crippen LogP contribution in [0, 0.1) is 0 Å². The molecule has 142 valence electrons. The predicted molar refractivity (Wildman–Crippen MR) is 96.4 cm³/mol. The van der Waals surface area contributed by atoms with E-state index in [0.29, 0.717) is 24.3 Å². The lowest BCUT2D eigenvalue weighted by Gasteiger charge is -2.38. The Bertz CT molecular complexity index is 579. The molecule has 2 rings (SSSR count). The highest BCUT2D eigenvalue weighted by Crippen LogP contribution is 2.35. The highest BCUT2D eigenvalue weighted by Gasteiger charge is 2.33. The number of halogens is 3. The van der Waals surface area contributed by atoms with Crippen LogP contribution in [0.25, 0.3) is 0 Å². The SMILES string of the molecule is C[SiH](OC1CCN(c2cc(C(F)(F)F)ccc2CO)CC1)C(C)(C)C. The van der Waals surface area contributed by atoms with E-state index in [2.05, 4.69) is 27.3 Å². The number of hydrogen-bond acceptors (Lipinski definition) is 3. The zero-order chi connectivity index (χ0) is 18.8. The molecule has 3 nitrogen and oxygen atoms in total. The largest absolute Gasteiger partial charge is 0.417 e. The Kier molecular flexibility index (Phi) is 6.22. The number of aliphatic hydroxyl groups is 1. The van der Waals surface area contributed by atoms with Gasteiger partial charge in [-0.2, -0.15) is 13.2 Å². The first-order valence-electron chi connectivity index (χ1n) is 8.73. The number of anilines is 1. The molecule has 1 heterocycles. The lowest BCUT2D eigenvalue weighted by molar-refractivity contribution is -0.137. The molecular formula is C18H28F3NO2Si. The predicted octanol–water partition coefficient (Wildman–Crippen LogP) is 4.34. The minimum atomic E-state index is -4.38.